The quantitative estimate of drug-likeness (QED) is 0.374. The second-order valence-electron chi connectivity index (χ2n) is 2.50. The summed E-state index contributed by atoms with van der Waals surface area (Å²) in [4.78, 5) is 24.1. The number of rotatable bonds is 0. The van der Waals surface area contributed by atoms with E-state index in [0.717, 1.165) is 0 Å². The van der Waals surface area contributed by atoms with Crippen molar-refractivity contribution >= 4 is 0 Å². The third-order valence-electron chi connectivity index (χ3n) is 1.13. The molecule has 0 aliphatic heterocycles. The van der Waals surface area contributed by atoms with Crippen molar-refractivity contribution in [2.75, 3.05) is 0 Å². The molecule has 0 bridgehead atoms. The fourth-order valence-electron chi connectivity index (χ4n) is 0.625. The van der Waals surface area contributed by atoms with Gasteiger partial charge in [-0.25, -0.2) is 0 Å². The minimum Gasteiger partial charge on any atom is -0.356 e. The molecule has 0 unspecified atom stereocenters. The predicted octanol–water partition coefficient (Wildman–Crippen LogP) is 1.68. The summed E-state index contributed by atoms with van der Waals surface area (Å²) in [6, 6.07) is 11.4. The third-order valence-corrected chi connectivity index (χ3v) is 1.13. The first-order chi connectivity index (χ1) is 9.46. The Morgan fingerprint density at radius 3 is 0.810 bits per heavy atom. The molecule has 0 aromatic carbocycles. The van der Waals surface area contributed by atoms with E-state index in [1.165, 1.54) is 0 Å². The Hall–Kier alpha value is -2.64. The second-order valence-corrected chi connectivity index (χ2v) is 2.50. The number of aromatic nitrogens is 2. The molecule has 116 valence electrons. The molecule has 0 N–H and O–H groups in total. The maximum atomic E-state index is 8.25. The van der Waals surface area contributed by atoms with Crippen LogP contribution in [-0.2, 0) is 20.4 Å². The summed E-state index contributed by atoms with van der Waals surface area (Å²) >= 11 is 0. The first kappa shape index (κ1) is 23.5. The van der Waals surface area contributed by atoms with Crippen molar-refractivity contribution in [3.05, 3.63) is 91.8 Å². The van der Waals surface area contributed by atoms with Crippen LogP contribution >= 0.6 is 0 Å². The molecule has 0 amide bonds. The van der Waals surface area contributed by atoms with Crippen LogP contribution in [0.15, 0.2) is 61.2 Å². The zero-order chi connectivity index (χ0) is 15.6. The van der Waals surface area contributed by atoms with Gasteiger partial charge in [-0.2, -0.15) is 0 Å². The third kappa shape index (κ3) is 46.7. The SMILES string of the molecule is O=[N+]([O-])[O-].O=[N+]([O-])[O-].[Pd+2].c1ccncc1.c1ccncc1. The van der Waals surface area contributed by atoms with Gasteiger partial charge in [-0.15, -0.1) is 0 Å². The molecule has 2 rings (SSSR count). The van der Waals surface area contributed by atoms with E-state index >= 15 is 0 Å². The van der Waals surface area contributed by atoms with E-state index < -0.39 is 10.2 Å². The average Bonchev–Trinajstić information content (AvgIpc) is 2.42. The van der Waals surface area contributed by atoms with Gasteiger partial charge in [0, 0.05) is 24.8 Å². The molecule has 0 aliphatic rings. The van der Waals surface area contributed by atoms with Crippen LogP contribution in [0.25, 0.3) is 0 Å². The van der Waals surface area contributed by atoms with Gasteiger partial charge in [-0.1, -0.05) is 12.1 Å². The van der Waals surface area contributed by atoms with E-state index in [-0.39, 0.29) is 20.4 Å². The summed E-state index contributed by atoms with van der Waals surface area (Å²) < 4.78 is 0. The Morgan fingerprint density at radius 1 is 0.571 bits per heavy atom. The number of hydrogen-bond acceptors (Lipinski definition) is 8. The van der Waals surface area contributed by atoms with Gasteiger partial charge in [-0.3, -0.25) is 9.97 Å². The van der Waals surface area contributed by atoms with E-state index in [1.807, 2.05) is 36.4 Å². The second kappa shape index (κ2) is 19.7. The van der Waals surface area contributed by atoms with Crippen molar-refractivity contribution in [1.29, 1.82) is 0 Å². The van der Waals surface area contributed by atoms with Crippen LogP contribution in [-0.4, -0.2) is 20.1 Å². The zero-order valence-electron chi connectivity index (χ0n) is 10.3. The Bertz CT molecular complexity index is 343. The van der Waals surface area contributed by atoms with Crippen molar-refractivity contribution in [1.82, 2.24) is 9.97 Å². The molecule has 2 aromatic rings. The van der Waals surface area contributed by atoms with Crippen LogP contribution in [0.4, 0.5) is 0 Å². The summed E-state index contributed by atoms with van der Waals surface area (Å²) in [5, 5.41) is 29.5. The summed E-state index contributed by atoms with van der Waals surface area (Å²) in [6.45, 7) is 0. The van der Waals surface area contributed by atoms with Gasteiger partial charge >= 0.3 is 20.4 Å². The van der Waals surface area contributed by atoms with Gasteiger partial charge in [0.2, 0.25) is 0 Å². The Kier molecular flexibility index (Phi) is 22.0. The van der Waals surface area contributed by atoms with Gasteiger partial charge < -0.3 is 30.6 Å². The topological polar surface area (TPSA) is 158 Å². The molecular weight excluding hydrogens is 379 g/mol. The Labute approximate surface area is 133 Å². The molecule has 0 fully saturated rings. The molecule has 0 atom stereocenters. The van der Waals surface area contributed by atoms with E-state index in [2.05, 4.69) is 9.97 Å². The monoisotopic (exact) mass is 388 g/mol. The molecular formula is C10H10N4O6Pd. The first-order valence-electron chi connectivity index (χ1n) is 4.79. The Morgan fingerprint density at radius 2 is 0.762 bits per heavy atom. The van der Waals surface area contributed by atoms with Crippen molar-refractivity contribution < 1.29 is 30.6 Å². The summed E-state index contributed by atoms with van der Waals surface area (Å²) in [7, 11) is 0. The van der Waals surface area contributed by atoms with E-state index in [0.29, 0.717) is 0 Å². The van der Waals surface area contributed by atoms with Gasteiger partial charge in [-0.05, 0) is 24.3 Å². The number of hydrogen-bond donors (Lipinski definition) is 0. The molecule has 11 heteroatoms. The minimum absolute atomic E-state index is 0. The van der Waals surface area contributed by atoms with Crippen molar-refractivity contribution in [2.24, 2.45) is 0 Å². The van der Waals surface area contributed by atoms with Gasteiger partial charge in [0.25, 0.3) is 0 Å². The molecule has 10 nitrogen and oxygen atoms in total. The first-order valence-corrected chi connectivity index (χ1v) is 4.79. The summed E-state index contributed by atoms with van der Waals surface area (Å²) in [5.41, 5.74) is 0. The van der Waals surface area contributed by atoms with Crippen LogP contribution < -0.4 is 0 Å². The molecule has 21 heavy (non-hydrogen) atoms. The fraction of sp³-hybridized carbons (Fsp3) is 0. The molecule has 0 spiro atoms. The van der Waals surface area contributed by atoms with Gasteiger partial charge in [0.1, 0.15) is 0 Å². The van der Waals surface area contributed by atoms with Crippen molar-refractivity contribution in [2.45, 2.75) is 0 Å². The van der Waals surface area contributed by atoms with E-state index in [9.17, 15) is 0 Å². The smallest absolute Gasteiger partial charge is 0.356 e. The van der Waals surface area contributed by atoms with Crippen molar-refractivity contribution in [3.63, 3.8) is 0 Å². The van der Waals surface area contributed by atoms with Crippen LogP contribution in [0.3, 0.4) is 0 Å². The maximum Gasteiger partial charge on any atom is 2.00 e. The molecule has 0 radical (unpaired) electrons. The molecule has 2 heterocycles. The summed E-state index contributed by atoms with van der Waals surface area (Å²) in [5.74, 6) is 0. The average molecular weight is 389 g/mol. The largest absolute Gasteiger partial charge is 2.00 e. The van der Waals surface area contributed by atoms with Crippen LogP contribution in [0, 0.1) is 30.6 Å². The number of nitrogens with zero attached hydrogens (tertiary/aromatic N) is 4. The fourth-order valence-corrected chi connectivity index (χ4v) is 0.625. The Balaban J connectivity index is -0.000000208. The predicted molar refractivity (Wildman–Crippen MR) is 69.2 cm³/mol. The molecule has 0 saturated carbocycles. The van der Waals surface area contributed by atoms with Crippen LogP contribution in [0.2, 0.25) is 0 Å². The normalized spacial score (nSPS) is 6.86. The molecule has 0 aliphatic carbocycles. The van der Waals surface area contributed by atoms with Crippen LogP contribution in [0.1, 0.15) is 0 Å². The standard InChI is InChI=1S/2C5H5N.2NO3.Pd/c2*1-2-4-6-5-3-1;2*2-1(3)4;/h2*1-5H;;;/q;;2*-1;+2. The molecule has 2 aromatic heterocycles. The molecule has 0 saturated heterocycles. The van der Waals surface area contributed by atoms with Gasteiger partial charge in [0.15, 0.2) is 0 Å². The summed E-state index contributed by atoms with van der Waals surface area (Å²) in [6.07, 6.45) is 7.00. The van der Waals surface area contributed by atoms with Crippen molar-refractivity contribution in [3.8, 4) is 0 Å². The zero-order valence-corrected chi connectivity index (χ0v) is 11.9. The number of pyridine rings is 2. The van der Waals surface area contributed by atoms with E-state index in [4.69, 9.17) is 30.6 Å². The van der Waals surface area contributed by atoms with E-state index in [1.54, 1.807) is 24.8 Å². The van der Waals surface area contributed by atoms with Crippen LogP contribution in [0.5, 0.6) is 0 Å². The minimum atomic E-state index is -1.75. The van der Waals surface area contributed by atoms with Gasteiger partial charge in [0.05, 0.1) is 10.2 Å². The maximum absolute atomic E-state index is 8.25.